The molecule has 7 heteroatoms. The average Bonchev–Trinajstić information content (AvgIpc) is 3.10. The Hall–Kier alpha value is -1.60. The van der Waals surface area contributed by atoms with Gasteiger partial charge in [-0.15, -0.1) is 0 Å². The van der Waals surface area contributed by atoms with Crippen LogP contribution in [0.2, 0.25) is 0 Å². The Balaban J connectivity index is 1.58. The topological polar surface area (TPSA) is 47.9 Å². The zero-order valence-corrected chi connectivity index (χ0v) is 16.6. The summed E-state index contributed by atoms with van der Waals surface area (Å²) >= 11 is 0. The van der Waals surface area contributed by atoms with Crippen LogP contribution in [0, 0.1) is 0 Å². The van der Waals surface area contributed by atoms with Crippen molar-refractivity contribution in [3.8, 4) is 0 Å². The first-order chi connectivity index (χ1) is 12.5. The Morgan fingerprint density at radius 3 is 2.69 bits per heavy atom. The summed E-state index contributed by atoms with van der Waals surface area (Å²) in [5.74, 6) is 1.51. The molecule has 0 spiro atoms. The number of rotatable bonds is 5. The molecule has 146 valence electrons. The van der Waals surface area contributed by atoms with Gasteiger partial charge in [-0.25, -0.2) is 9.78 Å². The van der Waals surface area contributed by atoms with Gasteiger partial charge in [0.15, 0.2) is 0 Å². The number of piperazine rings is 1. The van der Waals surface area contributed by atoms with Gasteiger partial charge in [-0.05, 0) is 47.0 Å². The normalized spacial score (nSPS) is 22.2. The summed E-state index contributed by atoms with van der Waals surface area (Å²) in [6.07, 6.45) is 7.30. The third-order valence-electron chi connectivity index (χ3n) is 5.58. The van der Waals surface area contributed by atoms with Gasteiger partial charge in [-0.2, -0.15) is 0 Å². The molecule has 2 aliphatic rings. The van der Waals surface area contributed by atoms with Crippen molar-refractivity contribution >= 4 is 6.03 Å². The zero-order chi connectivity index (χ0) is 18.5. The summed E-state index contributed by atoms with van der Waals surface area (Å²) in [6, 6.07) is 0.216. The number of likely N-dealkylation sites (N-methyl/N-ethyl adjacent to an activating group) is 1. The SMILES string of the molecule is CN(C)CCCn1ccnc1[C@H]1CCCN(C(=O)N2CCN(C)CC2)C1. The molecule has 1 aromatic heterocycles. The van der Waals surface area contributed by atoms with E-state index in [4.69, 9.17) is 0 Å². The molecule has 2 amide bonds. The van der Waals surface area contributed by atoms with Crippen molar-refractivity contribution in [1.82, 2.24) is 29.2 Å². The summed E-state index contributed by atoms with van der Waals surface area (Å²) in [4.78, 5) is 26.1. The van der Waals surface area contributed by atoms with Crippen LogP contribution in [0.3, 0.4) is 0 Å². The largest absolute Gasteiger partial charge is 0.335 e. The summed E-state index contributed by atoms with van der Waals surface area (Å²) in [7, 11) is 6.34. The maximum Gasteiger partial charge on any atom is 0.320 e. The third kappa shape index (κ3) is 4.76. The average molecular weight is 363 g/mol. The molecule has 1 aromatic rings. The highest BCUT2D eigenvalue weighted by Gasteiger charge is 2.30. The van der Waals surface area contributed by atoms with Gasteiger partial charge in [-0.1, -0.05) is 0 Å². The molecule has 3 rings (SSSR count). The molecule has 0 aromatic carbocycles. The Morgan fingerprint density at radius 1 is 1.19 bits per heavy atom. The number of nitrogens with zero attached hydrogens (tertiary/aromatic N) is 6. The minimum Gasteiger partial charge on any atom is -0.335 e. The van der Waals surface area contributed by atoms with Crippen LogP contribution in [-0.2, 0) is 6.54 Å². The quantitative estimate of drug-likeness (QED) is 0.794. The number of aromatic nitrogens is 2. The van der Waals surface area contributed by atoms with Gasteiger partial charge < -0.3 is 24.2 Å². The fourth-order valence-electron chi connectivity index (χ4n) is 3.99. The number of aryl methyl sites for hydroxylation is 1. The monoisotopic (exact) mass is 362 g/mol. The fourth-order valence-corrected chi connectivity index (χ4v) is 3.99. The number of carbonyl (C=O) groups is 1. The fraction of sp³-hybridized carbons (Fsp3) is 0.789. The van der Waals surface area contributed by atoms with E-state index in [0.717, 1.165) is 77.4 Å². The summed E-state index contributed by atoms with van der Waals surface area (Å²) in [6.45, 7) is 7.38. The minimum atomic E-state index is 0.216. The lowest BCUT2D eigenvalue weighted by molar-refractivity contribution is 0.111. The molecular weight excluding hydrogens is 328 g/mol. The molecule has 0 radical (unpaired) electrons. The van der Waals surface area contributed by atoms with E-state index in [0.29, 0.717) is 5.92 Å². The van der Waals surface area contributed by atoms with Gasteiger partial charge in [0.25, 0.3) is 0 Å². The number of hydrogen-bond acceptors (Lipinski definition) is 4. The van der Waals surface area contributed by atoms with E-state index in [1.54, 1.807) is 0 Å². The molecule has 2 fully saturated rings. The smallest absolute Gasteiger partial charge is 0.320 e. The molecule has 0 N–H and O–H groups in total. The number of hydrogen-bond donors (Lipinski definition) is 0. The Kier molecular flexibility index (Phi) is 6.53. The molecule has 0 unspecified atom stereocenters. The molecule has 26 heavy (non-hydrogen) atoms. The van der Waals surface area contributed by atoms with E-state index >= 15 is 0 Å². The van der Waals surface area contributed by atoms with E-state index in [-0.39, 0.29) is 6.03 Å². The molecule has 2 saturated heterocycles. The second-order valence-electron chi connectivity index (χ2n) is 7.99. The number of amides is 2. The van der Waals surface area contributed by atoms with Crippen LogP contribution < -0.4 is 0 Å². The number of likely N-dealkylation sites (tertiary alicyclic amines) is 1. The molecular formula is C19H34N6O. The lowest BCUT2D eigenvalue weighted by Crippen LogP contribution is -2.53. The van der Waals surface area contributed by atoms with Gasteiger partial charge in [0, 0.05) is 64.1 Å². The third-order valence-corrected chi connectivity index (χ3v) is 5.58. The summed E-state index contributed by atoms with van der Waals surface area (Å²) in [5.41, 5.74) is 0. The number of imidazole rings is 1. The maximum absolute atomic E-state index is 12.9. The van der Waals surface area contributed by atoms with Crippen molar-refractivity contribution in [2.45, 2.75) is 31.7 Å². The Morgan fingerprint density at radius 2 is 1.96 bits per heavy atom. The molecule has 0 saturated carbocycles. The first kappa shape index (κ1) is 19.2. The molecule has 2 aliphatic heterocycles. The van der Waals surface area contributed by atoms with Crippen molar-refractivity contribution in [3.63, 3.8) is 0 Å². The van der Waals surface area contributed by atoms with Crippen LogP contribution in [0.1, 0.15) is 31.0 Å². The lowest BCUT2D eigenvalue weighted by Gasteiger charge is -2.39. The molecule has 0 aliphatic carbocycles. The van der Waals surface area contributed by atoms with Crippen molar-refractivity contribution in [2.24, 2.45) is 0 Å². The van der Waals surface area contributed by atoms with Crippen LogP contribution >= 0.6 is 0 Å². The van der Waals surface area contributed by atoms with E-state index in [9.17, 15) is 4.79 Å². The Labute approximate surface area is 157 Å². The number of urea groups is 1. The second-order valence-corrected chi connectivity index (χ2v) is 7.99. The molecule has 1 atom stereocenters. The molecule has 3 heterocycles. The molecule has 0 bridgehead atoms. The first-order valence-electron chi connectivity index (χ1n) is 9.92. The Bertz CT molecular complexity index is 578. The van der Waals surface area contributed by atoms with E-state index < -0.39 is 0 Å². The van der Waals surface area contributed by atoms with Crippen LogP contribution in [0.5, 0.6) is 0 Å². The van der Waals surface area contributed by atoms with Crippen LogP contribution in [0.4, 0.5) is 4.79 Å². The van der Waals surface area contributed by atoms with Crippen LogP contribution in [0.25, 0.3) is 0 Å². The van der Waals surface area contributed by atoms with Crippen LogP contribution in [-0.4, -0.2) is 102 Å². The highest BCUT2D eigenvalue weighted by molar-refractivity contribution is 5.74. The second kappa shape index (κ2) is 8.86. The van der Waals surface area contributed by atoms with E-state index in [1.165, 1.54) is 0 Å². The minimum absolute atomic E-state index is 0.216. The highest BCUT2D eigenvalue weighted by Crippen LogP contribution is 2.27. The number of piperidine rings is 1. The standard InChI is InChI=1S/C19H34N6O/c1-21(2)8-5-10-23-11-7-20-18(23)17-6-4-9-25(16-17)19(26)24-14-12-22(3)13-15-24/h7,11,17H,4-6,8-10,12-16H2,1-3H3/t17-/m0/s1. The van der Waals surface area contributed by atoms with Gasteiger partial charge in [0.05, 0.1) is 0 Å². The lowest BCUT2D eigenvalue weighted by atomic mass is 9.97. The zero-order valence-electron chi connectivity index (χ0n) is 16.6. The van der Waals surface area contributed by atoms with Crippen LogP contribution in [0.15, 0.2) is 12.4 Å². The number of carbonyl (C=O) groups excluding carboxylic acids is 1. The van der Waals surface area contributed by atoms with Gasteiger partial charge >= 0.3 is 6.03 Å². The van der Waals surface area contributed by atoms with Gasteiger partial charge in [0.2, 0.25) is 0 Å². The van der Waals surface area contributed by atoms with Gasteiger partial charge in [0.1, 0.15) is 5.82 Å². The van der Waals surface area contributed by atoms with Crippen molar-refractivity contribution in [3.05, 3.63) is 18.2 Å². The molecule has 7 nitrogen and oxygen atoms in total. The maximum atomic E-state index is 12.9. The van der Waals surface area contributed by atoms with Crippen molar-refractivity contribution < 1.29 is 4.79 Å². The predicted molar refractivity (Wildman–Crippen MR) is 103 cm³/mol. The summed E-state index contributed by atoms with van der Waals surface area (Å²) < 4.78 is 2.29. The predicted octanol–water partition coefficient (Wildman–Crippen LogP) is 1.38. The van der Waals surface area contributed by atoms with Crippen molar-refractivity contribution in [2.75, 3.05) is 67.0 Å². The van der Waals surface area contributed by atoms with Gasteiger partial charge in [-0.3, -0.25) is 0 Å². The van der Waals surface area contributed by atoms with E-state index in [2.05, 4.69) is 51.6 Å². The van der Waals surface area contributed by atoms with E-state index in [1.807, 2.05) is 11.1 Å². The summed E-state index contributed by atoms with van der Waals surface area (Å²) in [5, 5.41) is 0. The first-order valence-corrected chi connectivity index (χ1v) is 9.92. The van der Waals surface area contributed by atoms with Crippen molar-refractivity contribution in [1.29, 1.82) is 0 Å². The highest BCUT2D eigenvalue weighted by atomic mass is 16.2.